The number of hydrogen-bond acceptors (Lipinski definition) is 3. The first-order valence-electron chi connectivity index (χ1n) is 6.54. The van der Waals surface area contributed by atoms with E-state index in [9.17, 15) is 4.79 Å². The summed E-state index contributed by atoms with van der Waals surface area (Å²) >= 11 is 1.68. The topological polar surface area (TPSA) is 26.3 Å². The SMILES string of the molecule is COc1cccc(CC(=O)c2cc3c(s2)CCC3)c1. The van der Waals surface area contributed by atoms with Crippen LogP contribution < -0.4 is 4.74 Å². The van der Waals surface area contributed by atoms with Crippen molar-refractivity contribution in [1.29, 1.82) is 0 Å². The third-order valence-corrected chi connectivity index (χ3v) is 4.80. The molecule has 0 fully saturated rings. The zero-order valence-electron chi connectivity index (χ0n) is 10.9. The smallest absolute Gasteiger partial charge is 0.177 e. The number of Topliss-reactive ketones (excluding diaryl/α,β-unsaturated/α-hetero) is 1. The molecule has 1 aliphatic rings. The zero-order chi connectivity index (χ0) is 13.2. The maximum absolute atomic E-state index is 12.3. The molecule has 0 radical (unpaired) electrons. The highest BCUT2D eigenvalue weighted by molar-refractivity contribution is 7.14. The highest BCUT2D eigenvalue weighted by Gasteiger charge is 2.18. The highest BCUT2D eigenvalue weighted by atomic mass is 32.1. The first-order valence-corrected chi connectivity index (χ1v) is 7.35. The van der Waals surface area contributed by atoms with Crippen LogP contribution in [0.3, 0.4) is 0 Å². The minimum atomic E-state index is 0.215. The number of carbonyl (C=O) groups excluding carboxylic acids is 1. The van der Waals surface area contributed by atoms with Crippen molar-refractivity contribution in [3.63, 3.8) is 0 Å². The van der Waals surface area contributed by atoms with Crippen LogP contribution in [0, 0.1) is 0 Å². The third kappa shape index (κ3) is 2.56. The largest absolute Gasteiger partial charge is 0.497 e. The molecule has 0 atom stereocenters. The molecule has 98 valence electrons. The molecule has 1 aromatic carbocycles. The number of carbonyl (C=O) groups is 1. The molecule has 2 nitrogen and oxygen atoms in total. The summed E-state index contributed by atoms with van der Waals surface area (Å²) in [5, 5.41) is 0. The van der Waals surface area contributed by atoms with Gasteiger partial charge in [0, 0.05) is 11.3 Å². The van der Waals surface area contributed by atoms with Crippen LogP contribution >= 0.6 is 11.3 Å². The molecule has 0 aliphatic heterocycles. The second-order valence-corrected chi connectivity index (χ2v) is 6.00. The van der Waals surface area contributed by atoms with Gasteiger partial charge in [-0.15, -0.1) is 11.3 Å². The van der Waals surface area contributed by atoms with Gasteiger partial charge in [0.25, 0.3) is 0 Å². The Bertz CT molecular complexity index is 591. The van der Waals surface area contributed by atoms with Crippen molar-refractivity contribution in [2.24, 2.45) is 0 Å². The Morgan fingerprint density at radius 1 is 1.32 bits per heavy atom. The second kappa shape index (κ2) is 5.17. The lowest BCUT2D eigenvalue weighted by Crippen LogP contribution is -2.01. The third-order valence-electron chi connectivity index (χ3n) is 3.52. The van der Waals surface area contributed by atoms with E-state index in [-0.39, 0.29) is 5.78 Å². The van der Waals surface area contributed by atoms with Crippen LogP contribution in [0.1, 0.15) is 32.1 Å². The lowest BCUT2D eigenvalue weighted by atomic mass is 10.1. The monoisotopic (exact) mass is 272 g/mol. The molecule has 0 saturated heterocycles. The van der Waals surface area contributed by atoms with Gasteiger partial charge in [-0.2, -0.15) is 0 Å². The molecule has 0 spiro atoms. The van der Waals surface area contributed by atoms with Crippen LogP contribution in [0.4, 0.5) is 0 Å². The van der Waals surface area contributed by atoms with E-state index in [1.807, 2.05) is 24.3 Å². The van der Waals surface area contributed by atoms with Gasteiger partial charge in [-0.25, -0.2) is 0 Å². The summed E-state index contributed by atoms with van der Waals surface area (Å²) < 4.78 is 5.18. The molecule has 19 heavy (non-hydrogen) atoms. The van der Waals surface area contributed by atoms with Crippen molar-refractivity contribution < 1.29 is 9.53 Å². The molecule has 0 bridgehead atoms. The lowest BCUT2D eigenvalue weighted by Gasteiger charge is -2.03. The molecule has 0 N–H and O–H groups in total. The van der Waals surface area contributed by atoms with Gasteiger partial charge in [-0.05, 0) is 48.6 Å². The van der Waals surface area contributed by atoms with Crippen molar-refractivity contribution in [3.8, 4) is 5.75 Å². The van der Waals surface area contributed by atoms with Gasteiger partial charge in [0.15, 0.2) is 5.78 Å². The first-order chi connectivity index (χ1) is 9.26. The van der Waals surface area contributed by atoms with Gasteiger partial charge in [0.1, 0.15) is 5.75 Å². The Hall–Kier alpha value is -1.61. The molecular weight excluding hydrogens is 256 g/mol. The van der Waals surface area contributed by atoms with Gasteiger partial charge in [-0.3, -0.25) is 4.79 Å². The van der Waals surface area contributed by atoms with Crippen molar-refractivity contribution in [3.05, 3.63) is 51.2 Å². The Kier molecular flexibility index (Phi) is 3.38. The fourth-order valence-electron chi connectivity index (χ4n) is 2.52. The maximum Gasteiger partial charge on any atom is 0.177 e. The molecule has 0 unspecified atom stereocenters. The summed E-state index contributed by atoms with van der Waals surface area (Å²) in [6, 6.07) is 9.82. The molecule has 3 rings (SSSR count). The predicted octanol–water partition coefficient (Wildman–Crippen LogP) is 3.67. The normalized spacial score (nSPS) is 13.3. The van der Waals surface area contributed by atoms with E-state index in [2.05, 4.69) is 6.07 Å². The number of ketones is 1. The first kappa shape index (κ1) is 12.4. The van der Waals surface area contributed by atoms with Gasteiger partial charge in [0.2, 0.25) is 0 Å². The van der Waals surface area contributed by atoms with Crippen LogP contribution in [0.15, 0.2) is 30.3 Å². The Balaban J connectivity index is 1.76. The average Bonchev–Trinajstić information content (AvgIpc) is 2.99. The maximum atomic E-state index is 12.3. The molecular formula is C16H16O2S. The van der Waals surface area contributed by atoms with E-state index in [1.54, 1.807) is 18.4 Å². The van der Waals surface area contributed by atoms with E-state index in [4.69, 9.17) is 4.74 Å². The summed E-state index contributed by atoms with van der Waals surface area (Å²) in [5.41, 5.74) is 2.40. The number of aryl methyl sites for hydroxylation is 2. The fraction of sp³-hybridized carbons (Fsp3) is 0.312. The van der Waals surface area contributed by atoms with E-state index >= 15 is 0 Å². The molecule has 3 heteroatoms. The average molecular weight is 272 g/mol. The van der Waals surface area contributed by atoms with Crippen LogP contribution in [-0.2, 0) is 19.3 Å². The summed E-state index contributed by atoms with van der Waals surface area (Å²) in [7, 11) is 1.64. The van der Waals surface area contributed by atoms with Gasteiger partial charge >= 0.3 is 0 Å². The molecule has 1 heterocycles. The van der Waals surface area contributed by atoms with E-state index in [0.717, 1.165) is 29.0 Å². The Morgan fingerprint density at radius 2 is 2.21 bits per heavy atom. The summed E-state index contributed by atoms with van der Waals surface area (Å²) in [6.45, 7) is 0. The predicted molar refractivity (Wildman–Crippen MR) is 77.4 cm³/mol. The van der Waals surface area contributed by atoms with E-state index < -0.39 is 0 Å². The summed E-state index contributed by atoms with van der Waals surface area (Å²) in [5.74, 6) is 1.02. The van der Waals surface area contributed by atoms with Crippen LogP contribution in [0.2, 0.25) is 0 Å². The Labute approximate surface area is 117 Å². The molecule has 2 aromatic rings. The van der Waals surface area contributed by atoms with Crippen LogP contribution in [0.25, 0.3) is 0 Å². The standard InChI is InChI=1S/C16H16O2S/c1-18-13-6-2-4-11(8-13)9-14(17)16-10-12-5-3-7-15(12)19-16/h2,4,6,8,10H,3,5,7,9H2,1H3. The molecule has 1 aromatic heterocycles. The number of fused-ring (bicyclic) bond motifs is 1. The van der Waals surface area contributed by atoms with Crippen molar-refractivity contribution >= 4 is 17.1 Å². The summed E-state index contributed by atoms with van der Waals surface area (Å²) in [6.07, 6.45) is 3.98. The second-order valence-electron chi connectivity index (χ2n) is 4.86. The quantitative estimate of drug-likeness (QED) is 0.794. The van der Waals surface area contributed by atoms with Crippen LogP contribution in [0.5, 0.6) is 5.75 Å². The Morgan fingerprint density at radius 3 is 3.00 bits per heavy atom. The number of thiophene rings is 1. The minimum Gasteiger partial charge on any atom is -0.497 e. The summed E-state index contributed by atoms with van der Waals surface area (Å²) in [4.78, 5) is 14.6. The van der Waals surface area contributed by atoms with Crippen molar-refractivity contribution in [2.45, 2.75) is 25.7 Å². The highest BCUT2D eigenvalue weighted by Crippen LogP contribution is 2.31. The molecule has 0 amide bonds. The van der Waals surface area contributed by atoms with Crippen LogP contribution in [-0.4, -0.2) is 12.9 Å². The van der Waals surface area contributed by atoms with E-state index in [1.165, 1.54) is 16.9 Å². The van der Waals surface area contributed by atoms with Crippen molar-refractivity contribution in [1.82, 2.24) is 0 Å². The number of hydrogen-bond donors (Lipinski definition) is 0. The fourth-order valence-corrected chi connectivity index (χ4v) is 3.71. The van der Waals surface area contributed by atoms with Gasteiger partial charge < -0.3 is 4.74 Å². The van der Waals surface area contributed by atoms with Crippen molar-refractivity contribution in [2.75, 3.05) is 7.11 Å². The van der Waals surface area contributed by atoms with Gasteiger partial charge in [0.05, 0.1) is 12.0 Å². The number of ether oxygens (including phenoxy) is 1. The minimum absolute atomic E-state index is 0.215. The lowest BCUT2D eigenvalue weighted by molar-refractivity contribution is 0.0996. The molecule has 1 aliphatic carbocycles. The number of methoxy groups -OCH3 is 1. The number of rotatable bonds is 4. The zero-order valence-corrected chi connectivity index (χ0v) is 11.8. The number of benzene rings is 1. The van der Waals surface area contributed by atoms with Gasteiger partial charge in [-0.1, -0.05) is 12.1 Å². The van der Waals surface area contributed by atoms with E-state index in [0.29, 0.717) is 6.42 Å². The molecule has 0 saturated carbocycles.